The minimum Gasteiger partial charge on any atom is -0.381 e. The molecule has 18 heavy (non-hydrogen) atoms. The molecule has 1 unspecified atom stereocenters. The average Bonchev–Trinajstić information content (AvgIpc) is 2.81. The van der Waals surface area contributed by atoms with Gasteiger partial charge in [0.25, 0.3) is 0 Å². The summed E-state index contributed by atoms with van der Waals surface area (Å²) < 4.78 is 31.4. The highest BCUT2D eigenvalue weighted by Crippen LogP contribution is 2.19. The number of aryl methyl sites for hydroxylation is 1. The molecule has 1 aromatic rings. The Kier molecular flexibility index (Phi) is 4.04. The maximum absolute atomic E-state index is 12.4. The molecule has 0 saturated carbocycles. The summed E-state index contributed by atoms with van der Waals surface area (Å²) in [7, 11) is -1.74. The van der Waals surface area contributed by atoms with Gasteiger partial charge in [-0.05, 0) is 37.0 Å². The molecular formula is C13H19NO3S. The van der Waals surface area contributed by atoms with Gasteiger partial charge in [0.05, 0.1) is 11.5 Å². The molecule has 0 amide bonds. The van der Waals surface area contributed by atoms with Crippen molar-refractivity contribution in [2.24, 2.45) is 5.92 Å². The minimum absolute atomic E-state index is 0.314. The fourth-order valence-corrected chi connectivity index (χ4v) is 3.50. The van der Waals surface area contributed by atoms with E-state index in [4.69, 9.17) is 4.74 Å². The molecule has 0 bridgehead atoms. The van der Waals surface area contributed by atoms with Crippen molar-refractivity contribution in [1.82, 2.24) is 4.31 Å². The van der Waals surface area contributed by atoms with E-state index in [2.05, 4.69) is 0 Å². The summed E-state index contributed by atoms with van der Waals surface area (Å²) in [5.74, 6) is 0.314. The summed E-state index contributed by atoms with van der Waals surface area (Å²) in [5.41, 5.74) is 0.952. The summed E-state index contributed by atoms with van der Waals surface area (Å²) >= 11 is 0. The third-order valence-corrected chi connectivity index (χ3v) is 5.06. The van der Waals surface area contributed by atoms with E-state index in [1.807, 2.05) is 13.0 Å². The van der Waals surface area contributed by atoms with Crippen LogP contribution in [0.3, 0.4) is 0 Å². The highest BCUT2D eigenvalue weighted by molar-refractivity contribution is 7.89. The van der Waals surface area contributed by atoms with Gasteiger partial charge in [-0.2, -0.15) is 0 Å². The van der Waals surface area contributed by atoms with Crippen molar-refractivity contribution in [3.63, 3.8) is 0 Å². The normalized spacial score (nSPS) is 20.5. The van der Waals surface area contributed by atoms with Gasteiger partial charge < -0.3 is 4.74 Å². The van der Waals surface area contributed by atoms with Crippen LogP contribution in [0.15, 0.2) is 29.2 Å². The first-order chi connectivity index (χ1) is 8.50. The van der Waals surface area contributed by atoms with Crippen molar-refractivity contribution in [2.75, 3.05) is 26.8 Å². The lowest BCUT2D eigenvalue weighted by molar-refractivity contribution is 0.182. The number of sulfonamides is 1. The third-order valence-electron chi connectivity index (χ3n) is 3.24. The van der Waals surface area contributed by atoms with Gasteiger partial charge in [0, 0.05) is 20.2 Å². The van der Waals surface area contributed by atoms with Crippen molar-refractivity contribution < 1.29 is 13.2 Å². The van der Waals surface area contributed by atoms with Crippen molar-refractivity contribution in [3.05, 3.63) is 29.8 Å². The monoisotopic (exact) mass is 269 g/mol. The quantitative estimate of drug-likeness (QED) is 0.835. The molecule has 4 nitrogen and oxygen atoms in total. The summed E-state index contributed by atoms with van der Waals surface area (Å²) in [5, 5.41) is 0. The minimum atomic E-state index is -3.37. The Morgan fingerprint density at radius 2 is 2.22 bits per heavy atom. The van der Waals surface area contributed by atoms with Crippen molar-refractivity contribution >= 4 is 10.0 Å². The number of hydrogen-bond acceptors (Lipinski definition) is 3. The third kappa shape index (κ3) is 2.91. The van der Waals surface area contributed by atoms with Gasteiger partial charge >= 0.3 is 0 Å². The van der Waals surface area contributed by atoms with E-state index in [0.29, 0.717) is 24.0 Å². The Balaban J connectivity index is 2.14. The fourth-order valence-electron chi connectivity index (χ4n) is 2.14. The maximum atomic E-state index is 12.4. The topological polar surface area (TPSA) is 46.6 Å². The summed E-state index contributed by atoms with van der Waals surface area (Å²) in [4.78, 5) is 0.365. The van der Waals surface area contributed by atoms with E-state index in [-0.39, 0.29) is 0 Å². The van der Waals surface area contributed by atoms with Gasteiger partial charge in [-0.25, -0.2) is 12.7 Å². The van der Waals surface area contributed by atoms with Crippen LogP contribution in [0.5, 0.6) is 0 Å². The molecular weight excluding hydrogens is 250 g/mol. The molecule has 1 aliphatic rings. The van der Waals surface area contributed by atoms with Gasteiger partial charge in [-0.15, -0.1) is 0 Å². The van der Waals surface area contributed by atoms with Gasteiger partial charge in [0.15, 0.2) is 0 Å². The zero-order valence-corrected chi connectivity index (χ0v) is 11.6. The van der Waals surface area contributed by atoms with Gasteiger partial charge in [0.1, 0.15) is 0 Å². The first kappa shape index (κ1) is 13.5. The highest BCUT2D eigenvalue weighted by atomic mass is 32.2. The zero-order valence-electron chi connectivity index (χ0n) is 10.8. The molecule has 1 atom stereocenters. The number of rotatable bonds is 4. The Morgan fingerprint density at radius 1 is 1.44 bits per heavy atom. The highest BCUT2D eigenvalue weighted by Gasteiger charge is 2.25. The number of nitrogens with zero attached hydrogens (tertiary/aromatic N) is 1. The number of ether oxygens (including phenoxy) is 1. The van der Waals surface area contributed by atoms with Crippen LogP contribution in [0.4, 0.5) is 0 Å². The van der Waals surface area contributed by atoms with E-state index < -0.39 is 10.0 Å². The molecule has 2 rings (SSSR count). The van der Waals surface area contributed by atoms with Crippen molar-refractivity contribution in [2.45, 2.75) is 18.2 Å². The SMILES string of the molecule is Cc1cccc(S(=O)(=O)N(C)CC2CCOC2)c1. The fraction of sp³-hybridized carbons (Fsp3) is 0.538. The van der Waals surface area contributed by atoms with Gasteiger partial charge in [-0.1, -0.05) is 12.1 Å². The first-order valence-electron chi connectivity index (χ1n) is 6.11. The van der Waals surface area contributed by atoms with Crippen LogP contribution in [-0.4, -0.2) is 39.5 Å². The Hall–Kier alpha value is -0.910. The van der Waals surface area contributed by atoms with E-state index in [1.165, 1.54) is 4.31 Å². The first-order valence-corrected chi connectivity index (χ1v) is 7.55. The lowest BCUT2D eigenvalue weighted by Gasteiger charge is -2.20. The lowest BCUT2D eigenvalue weighted by atomic mass is 10.1. The van der Waals surface area contributed by atoms with Crippen LogP contribution in [0, 0.1) is 12.8 Å². The lowest BCUT2D eigenvalue weighted by Crippen LogP contribution is -2.32. The van der Waals surface area contributed by atoms with E-state index >= 15 is 0 Å². The Morgan fingerprint density at radius 3 is 2.83 bits per heavy atom. The second-order valence-electron chi connectivity index (χ2n) is 4.83. The average molecular weight is 269 g/mol. The van der Waals surface area contributed by atoms with Crippen LogP contribution in [0.2, 0.25) is 0 Å². The molecule has 0 aromatic heterocycles. The molecule has 0 spiro atoms. The zero-order chi connectivity index (χ0) is 13.2. The maximum Gasteiger partial charge on any atom is 0.242 e. The molecule has 1 heterocycles. The Labute approximate surface area is 109 Å². The number of hydrogen-bond donors (Lipinski definition) is 0. The molecule has 1 saturated heterocycles. The summed E-state index contributed by atoms with van der Waals surface area (Å²) in [6.45, 7) is 3.82. The van der Waals surface area contributed by atoms with Gasteiger partial charge in [0.2, 0.25) is 10.0 Å². The van der Waals surface area contributed by atoms with E-state index in [0.717, 1.165) is 18.6 Å². The number of benzene rings is 1. The van der Waals surface area contributed by atoms with Crippen LogP contribution < -0.4 is 0 Å². The molecule has 1 aliphatic heterocycles. The molecule has 0 N–H and O–H groups in total. The second-order valence-corrected chi connectivity index (χ2v) is 6.88. The van der Waals surface area contributed by atoms with Crippen molar-refractivity contribution in [3.8, 4) is 0 Å². The molecule has 5 heteroatoms. The van der Waals surface area contributed by atoms with E-state index in [9.17, 15) is 8.42 Å². The van der Waals surface area contributed by atoms with Crippen LogP contribution in [0.1, 0.15) is 12.0 Å². The van der Waals surface area contributed by atoms with Crippen LogP contribution in [0.25, 0.3) is 0 Å². The molecule has 1 fully saturated rings. The van der Waals surface area contributed by atoms with E-state index in [1.54, 1.807) is 25.2 Å². The van der Waals surface area contributed by atoms with Gasteiger partial charge in [-0.3, -0.25) is 0 Å². The summed E-state index contributed by atoms with van der Waals surface area (Å²) in [6.07, 6.45) is 0.938. The predicted molar refractivity (Wildman–Crippen MR) is 69.9 cm³/mol. The smallest absolute Gasteiger partial charge is 0.242 e. The molecule has 1 aromatic carbocycles. The molecule has 0 aliphatic carbocycles. The Bertz CT molecular complexity index is 507. The standard InChI is InChI=1S/C13H19NO3S/c1-11-4-3-5-13(8-11)18(15,16)14(2)9-12-6-7-17-10-12/h3-5,8,12H,6-7,9-10H2,1-2H3. The van der Waals surface area contributed by atoms with Crippen LogP contribution >= 0.6 is 0 Å². The predicted octanol–water partition coefficient (Wildman–Crippen LogP) is 1.65. The molecule has 0 radical (unpaired) electrons. The second kappa shape index (κ2) is 5.38. The van der Waals surface area contributed by atoms with Crippen LogP contribution in [-0.2, 0) is 14.8 Å². The van der Waals surface area contributed by atoms with Crippen molar-refractivity contribution in [1.29, 1.82) is 0 Å². The molecule has 100 valence electrons. The summed E-state index contributed by atoms with van der Waals surface area (Å²) in [6, 6.07) is 7.01. The largest absolute Gasteiger partial charge is 0.381 e.